The van der Waals surface area contributed by atoms with Crippen LogP contribution in [0.25, 0.3) is 0 Å². The van der Waals surface area contributed by atoms with E-state index < -0.39 is 17.4 Å². The second-order valence-electron chi connectivity index (χ2n) is 7.88. The van der Waals surface area contributed by atoms with Crippen LogP contribution in [0.15, 0.2) is 36.4 Å². The summed E-state index contributed by atoms with van der Waals surface area (Å²) >= 11 is 0. The fourth-order valence-corrected chi connectivity index (χ4v) is 4.98. The predicted molar refractivity (Wildman–Crippen MR) is 99.5 cm³/mol. The first-order chi connectivity index (χ1) is 13.6. The monoisotopic (exact) mass is 384 g/mol. The molecule has 0 unspecified atom stereocenters. The van der Waals surface area contributed by atoms with Crippen LogP contribution in [0.1, 0.15) is 5.56 Å². The molecule has 4 aliphatic heterocycles. The van der Waals surface area contributed by atoms with Gasteiger partial charge in [-0.2, -0.15) is 0 Å². The fourth-order valence-electron chi connectivity index (χ4n) is 4.98. The molecule has 28 heavy (non-hydrogen) atoms. The van der Waals surface area contributed by atoms with Gasteiger partial charge < -0.3 is 24.0 Å². The SMILES string of the molecule is COc1cccc(CN2C[C@]34C=C[C@H](O3)[C@H](C(=O)N3CCOCC3)[C@@H]4C2=O)c1. The third-order valence-corrected chi connectivity index (χ3v) is 6.29. The average molecular weight is 384 g/mol. The molecule has 2 bridgehead atoms. The van der Waals surface area contributed by atoms with E-state index in [2.05, 4.69) is 0 Å². The van der Waals surface area contributed by atoms with Crippen LogP contribution in [0.5, 0.6) is 5.75 Å². The number of carbonyl (C=O) groups is 2. The number of likely N-dealkylation sites (tertiary alicyclic amines) is 1. The second-order valence-corrected chi connectivity index (χ2v) is 7.88. The topological polar surface area (TPSA) is 68.3 Å². The van der Waals surface area contributed by atoms with Crippen molar-refractivity contribution < 1.29 is 23.8 Å². The highest BCUT2D eigenvalue weighted by Gasteiger charge is 2.67. The summed E-state index contributed by atoms with van der Waals surface area (Å²) in [5.41, 5.74) is 0.325. The Morgan fingerprint density at radius 3 is 2.93 bits per heavy atom. The number of nitrogens with zero attached hydrogens (tertiary/aromatic N) is 2. The van der Waals surface area contributed by atoms with E-state index in [1.165, 1.54) is 0 Å². The van der Waals surface area contributed by atoms with Gasteiger partial charge in [0.15, 0.2) is 0 Å². The quantitative estimate of drug-likeness (QED) is 0.720. The number of amides is 2. The van der Waals surface area contributed by atoms with Crippen LogP contribution in [-0.4, -0.2) is 73.3 Å². The number of ether oxygens (including phenoxy) is 3. The maximum Gasteiger partial charge on any atom is 0.230 e. The van der Waals surface area contributed by atoms with Gasteiger partial charge in [-0.1, -0.05) is 24.3 Å². The summed E-state index contributed by atoms with van der Waals surface area (Å²) in [7, 11) is 1.63. The molecule has 7 nitrogen and oxygen atoms in total. The molecule has 7 heteroatoms. The third-order valence-electron chi connectivity index (χ3n) is 6.29. The number of benzene rings is 1. The summed E-state index contributed by atoms with van der Waals surface area (Å²) in [6.45, 7) is 3.21. The Balaban J connectivity index is 1.38. The van der Waals surface area contributed by atoms with Crippen molar-refractivity contribution in [1.29, 1.82) is 0 Å². The first-order valence-electron chi connectivity index (χ1n) is 9.77. The molecule has 2 amide bonds. The molecule has 0 aromatic heterocycles. The fraction of sp³-hybridized carbons (Fsp3) is 0.524. The average Bonchev–Trinajstić information content (AvgIpc) is 3.37. The van der Waals surface area contributed by atoms with Crippen LogP contribution in [0.3, 0.4) is 0 Å². The molecule has 0 aliphatic carbocycles. The first kappa shape index (κ1) is 17.7. The molecule has 3 fully saturated rings. The lowest BCUT2D eigenvalue weighted by Gasteiger charge is -2.32. The normalized spacial score (nSPS) is 33.5. The Morgan fingerprint density at radius 2 is 2.14 bits per heavy atom. The summed E-state index contributed by atoms with van der Waals surface area (Å²) in [6, 6.07) is 7.71. The van der Waals surface area contributed by atoms with Gasteiger partial charge in [0.2, 0.25) is 11.8 Å². The molecular formula is C21H24N2O5. The zero-order chi connectivity index (χ0) is 19.3. The summed E-state index contributed by atoms with van der Waals surface area (Å²) in [5.74, 6) is -0.100. The van der Waals surface area contributed by atoms with E-state index in [-0.39, 0.29) is 17.9 Å². The molecule has 5 rings (SSSR count). The molecule has 1 spiro atoms. The molecule has 4 aliphatic rings. The van der Waals surface area contributed by atoms with Crippen molar-refractivity contribution in [3.8, 4) is 5.75 Å². The van der Waals surface area contributed by atoms with Crippen LogP contribution in [0.2, 0.25) is 0 Å². The Hall–Kier alpha value is -2.38. The van der Waals surface area contributed by atoms with Gasteiger partial charge >= 0.3 is 0 Å². The van der Waals surface area contributed by atoms with Crippen LogP contribution < -0.4 is 4.74 Å². The minimum absolute atomic E-state index is 0.00118. The minimum atomic E-state index is -0.673. The largest absolute Gasteiger partial charge is 0.497 e. The van der Waals surface area contributed by atoms with Crippen molar-refractivity contribution in [2.45, 2.75) is 18.2 Å². The van der Waals surface area contributed by atoms with Gasteiger partial charge in [0, 0.05) is 19.6 Å². The van der Waals surface area contributed by atoms with Gasteiger partial charge in [0.25, 0.3) is 0 Å². The molecule has 0 saturated carbocycles. The zero-order valence-electron chi connectivity index (χ0n) is 15.9. The number of hydrogen-bond acceptors (Lipinski definition) is 5. The van der Waals surface area contributed by atoms with E-state index in [1.54, 1.807) is 7.11 Å². The van der Waals surface area contributed by atoms with Crippen molar-refractivity contribution in [3.63, 3.8) is 0 Å². The van der Waals surface area contributed by atoms with E-state index in [1.807, 2.05) is 46.2 Å². The molecule has 4 heterocycles. The van der Waals surface area contributed by atoms with Gasteiger partial charge in [-0.3, -0.25) is 9.59 Å². The van der Waals surface area contributed by atoms with E-state index in [4.69, 9.17) is 14.2 Å². The van der Waals surface area contributed by atoms with Crippen LogP contribution in [0, 0.1) is 11.8 Å². The molecule has 148 valence electrons. The highest BCUT2D eigenvalue weighted by Crippen LogP contribution is 2.52. The number of carbonyl (C=O) groups excluding carboxylic acids is 2. The van der Waals surface area contributed by atoms with E-state index in [0.29, 0.717) is 39.4 Å². The number of rotatable bonds is 4. The summed E-state index contributed by atoms with van der Waals surface area (Å²) < 4.78 is 16.9. The number of morpholine rings is 1. The van der Waals surface area contributed by atoms with Crippen molar-refractivity contribution >= 4 is 11.8 Å². The summed E-state index contributed by atoms with van der Waals surface area (Å²) in [6.07, 6.45) is 3.65. The molecular weight excluding hydrogens is 360 g/mol. The highest BCUT2D eigenvalue weighted by atomic mass is 16.5. The van der Waals surface area contributed by atoms with E-state index in [9.17, 15) is 9.59 Å². The molecule has 0 radical (unpaired) electrons. The van der Waals surface area contributed by atoms with Crippen LogP contribution in [0.4, 0.5) is 0 Å². The molecule has 1 aromatic rings. The van der Waals surface area contributed by atoms with E-state index in [0.717, 1.165) is 11.3 Å². The smallest absolute Gasteiger partial charge is 0.230 e. The maximum absolute atomic E-state index is 13.3. The van der Waals surface area contributed by atoms with Gasteiger partial charge in [-0.25, -0.2) is 0 Å². The predicted octanol–water partition coefficient (Wildman–Crippen LogP) is 0.836. The lowest BCUT2D eigenvalue weighted by molar-refractivity contribution is -0.146. The van der Waals surface area contributed by atoms with Crippen molar-refractivity contribution in [1.82, 2.24) is 9.80 Å². The van der Waals surface area contributed by atoms with E-state index >= 15 is 0 Å². The first-order valence-corrected chi connectivity index (χ1v) is 9.77. The van der Waals surface area contributed by atoms with Crippen LogP contribution >= 0.6 is 0 Å². The van der Waals surface area contributed by atoms with Crippen molar-refractivity contribution in [3.05, 3.63) is 42.0 Å². The molecule has 4 atom stereocenters. The van der Waals surface area contributed by atoms with Gasteiger partial charge in [0.05, 0.1) is 44.8 Å². The zero-order valence-corrected chi connectivity index (χ0v) is 15.9. The lowest BCUT2D eigenvalue weighted by atomic mass is 9.76. The Bertz CT molecular complexity index is 834. The lowest BCUT2D eigenvalue weighted by Crippen LogP contribution is -2.49. The standard InChI is InChI=1S/C21H24N2O5/c1-26-15-4-2-3-14(11-15)12-23-13-21-6-5-16(28-21)17(18(21)20(23)25)19(24)22-7-9-27-10-8-22/h2-6,11,16-18H,7-10,12-13H2,1H3/t16-,17-,18+,21-/m0/s1. The summed E-state index contributed by atoms with van der Waals surface area (Å²) in [5, 5.41) is 0. The molecule has 0 N–H and O–H groups in total. The van der Waals surface area contributed by atoms with Crippen LogP contribution in [-0.2, 0) is 25.6 Å². The molecule has 1 aromatic carbocycles. The van der Waals surface area contributed by atoms with Gasteiger partial charge in [-0.15, -0.1) is 0 Å². The minimum Gasteiger partial charge on any atom is -0.497 e. The van der Waals surface area contributed by atoms with Crippen molar-refractivity contribution in [2.75, 3.05) is 40.0 Å². The Morgan fingerprint density at radius 1 is 1.32 bits per heavy atom. The second kappa shape index (κ2) is 6.60. The number of hydrogen-bond donors (Lipinski definition) is 0. The Kier molecular flexibility index (Phi) is 4.17. The number of fused-ring (bicyclic) bond motifs is 1. The van der Waals surface area contributed by atoms with Gasteiger partial charge in [0.1, 0.15) is 11.4 Å². The third kappa shape index (κ3) is 2.64. The van der Waals surface area contributed by atoms with Crippen molar-refractivity contribution in [2.24, 2.45) is 11.8 Å². The Labute approximate surface area is 163 Å². The number of methoxy groups -OCH3 is 1. The summed E-state index contributed by atoms with van der Waals surface area (Å²) in [4.78, 5) is 30.1. The highest BCUT2D eigenvalue weighted by molar-refractivity contribution is 5.93. The maximum atomic E-state index is 13.3. The van der Waals surface area contributed by atoms with Gasteiger partial charge in [-0.05, 0) is 17.7 Å². The molecule has 3 saturated heterocycles.